The number of fused-ring (bicyclic) bond motifs is 1. The molecule has 2 amide bonds. The number of nitrogens with one attached hydrogen (secondary N) is 1. The molecule has 8 heteroatoms. The molecule has 1 aromatic carbocycles. The minimum absolute atomic E-state index is 0.0609. The van der Waals surface area contributed by atoms with Gasteiger partial charge in [0.05, 0.1) is 11.9 Å². The molecule has 1 unspecified atom stereocenters. The summed E-state index contributed by atoms with van der Waals surface area (Å²) in [6.07, 6.45) is 5.24. The molecule has 30 heavy (non-hydrogen) atoms. The Labute approximate surface area is 174 Å². The monoisotopic (exact) mass is 405 g/mol. The number of rotatable bonds is 4. The molecule has 154 valence electrons. The third-order valence-corrected chi connectivity index (χ3v) is 5.62. The molecule has 0 saturated carbocycles. The molecule has 1 aliphatic heterocycles. The number of hydrogen-bond acceptors (Lipinski definition) is 6. The first kappa shape index (κ1) is 19.8. The second-order valence-corrected chi connectivity index (χ2v) is 7.56. The van der Waals surface area contributed by atoms with Crippen LogP contribution in [-0.4, -0.2) is 39.9 Å². The summed E-state index contributed by atoms with van der Waals surface area (Å²) in [4.78, 5) is 40.1. The van der Waals surface area contributed by atoms with Gasteiger partial charge < -0.3 is 9.73 Å². The number of likely N-dealkylation sites (N-methyl/N-ethyl adjacent to an activating group) is 1. The number of amides is 2. The lowest BCUT2D eigenvalue weighted by Gasteiger charge is -2.25. The van der Waals surface area contributed by atoms with E-state index in [9.17, 15) is 9.59 Å². The molecule has 8 nitrogen and oxygen atoms in total. The van der Waals surface area contributed by atoms with Crippen LogP contribution in [0.3, 0.4) is 0 Å². The summed E-state index contributed by atoms with van der Waals surface area (Å²) in [7, 11) is 1.64. The van der Waals surface area contributed by atoms with Crippen LogP contribution in [0, 0.1) is 5.92 Å². The molecule has 0 aliphatic carbocycles. The van der Waals surface area contributed by atoms with E-state index in [0.29, 0.717) is 18.0 Å². The molecule has 0 radical (unpaired) electrons. The van der Waals surface area contributed by atoms with Gasteiger partial charge in [0.1, 0.15) is 11.8 Å². The van der Waals surface area contributed by atoms with Crippen LogP contribution < -0.4 is 10.2 Å². The number of aromatic nitrogens is 3. The zero-order valence-corrected chi connectivity index (χ0v) is 17.1. The highest BCUT2D eigenvalue weighted by Gasteiger charge is 2.40. The molecule has 1 aliphatic rings. The van der Waals surface area contributed by atoms with Gasteiger partial charge in [-0.1, -0.05) is 44.2 Å². The molecular formula is C22H23N5O3. The maximum atomic E-state index is 13.1. The Bertz CT molecular complexity index is 1070. The molecule has 3 atom stereocenters. The van der Waals surface area contributed by atoms with Crippen molar-refractivity contribution in [1.82, 2.24) is 20.3 Å². The average molecular weight is 405 g/mol. The quantitative estimate of drug-likeness (QED) is 0.716. The van der Waals surface area contributed by atoms with Crippen molar-refractivity contribution in [3.05, 3.63) is 71.8 Å². The minimum atomic E-state index is -0.752. The topological polar surface area (TPSA) is 101 Å². The summed E-state index contributed by atoms with van der Waals surface area (Å²) in [6, 6.07) is 9.03. The Kier molecular flexibility index (Phi) is 5.31. The van der Waals surface area contributed by atoms with Crippen molar-refractivity contribution in [1.29, 1.82) is 0 Å². The SMILES string of the molecule is CC1c2nccnc2N(C)C(=O)[C@@H](NC(=O)c2ncc(Cc3ccccc3)o2)[C@H]1C. The van der Waals surface area contributed by atoms with Crippen LogP contribution in [-0.2, 0) is 11.2 Å². The lowest BCUT2D eigenvalue weighted by Crippen LogP contribution is -2.50. The summed E-state index contributed by atoms with van der Waals surface area (Å²) < 4.78 is 5.64. The maximum Gasteiger partial charge on any atom is 0.307 e. The predicted molar refractivity (Wildman–Crippen MR) is 110 cm³/mol. The third-order valence-electron chi connectivity index (χ3n) is 5.62. The van der Waals surface area contributed by atoms with Crippen LogP contribution in [0.5, 0.6) is 0 Å². The van der Waals surface area contributed by atoms with E-state index in [1.807, 2.05) is 44.2 Å². The Morgan fingerprint density at radius 2 is 1.87 bits per heavy atom. The van der Waals surface area contributed by atoms with Crippen LogP contribution >= 0.6 is 0 Å². The second kappa shape index (κ2) is 8.06. The molecule has 0 fully saturated rings. The smallest absolute Gasteiger partial charge is 0.307 e. The van der Waals surface area contributed by atoms with Crippen molar-refractivity contribution in [3.63, 3.8) is 0 Å². The fourth-order valence-corrected chi connectivity index (χ4v) is 3.68. The van der Waals surface area contributed by atoms with Crippen LogP contribution in [0.4, 0.5) is 5.82 Å². The van der Waals surface area contributed by atoms with Gasteiger partial charge in [-0.3, -0.25) is 19.5 Å². The Morgan fingerprint density at radius 3 is 2.63 bits per heavy atom. The number of nitrogens with zero attached hydrogens (tertiary/aromatic N) is 4. The highest BCUT2D eigenvalue weighted by Crippen LogP contribution is 2.34. The van der Waals surface area contributed by atoms with Crippen LogP contribution in [0.2, 0.25) is 0 Å². The molecule has 3 heterocycles. The van der Waals surface area contributed by atoms with Gasteiger partial charge in [0.25, 0.3) is 11.8 Å². The molecule has 3 aromatic rings. The Hall–Kier alpha value is -3.55. The minimum Gasteiger partial charge on any atom is -0.437 e. The lowest BCUT2D eigenvalue weighted by molar-refractivity contribution is -0.121. The average Bonchev–Trinajstić information content (AvgIpc) is 3.22. The molecule has 2 aromatic heterocycles. The van der Waals surface area contributed by atoms with Crippen molar-refractivity contribution in [3.8, 4) is 0 Å². The van der Waals surface area contributed by atoms with Crippen LogP contribution in [0.15, 0.2) is 53.3 Å². The number of anilines is 1. The van der Waals surface area contributed by atoms with Gasteiger partial charge in [-0.15, -0.1) is 0 Å². The van der Waals surface area contributed by atoms with Gasteiger partial charge in [-0.05, 0) is 11.5 Å². The van der Waals surface area contributed by atoms with Gasteiger partial charge in [0.2, 0.25) is 0 Å². The molecule has 1 N–H and O–H groups in total. The summed E-state index contributed by atoms with van der Waals surface area (Å²) in [6.45, 7) is 3.90. The van der Waals surface area contributed by atoms with E-state index in [0.717, 1.165) is 11.3 Å². The third kappa shape index (κ3) is 3.68. The normalized spacial score (nSPS) is 21.1. The molecule has 0 saturated heterocycles. The number of carbonyl (C=O) groups excluding carboxylic acids is 2. The van der Waals surface area contributed by atoms with E-state index in [4.69, 9.17) is 4.42 Å². The first-order chi connectivity index (χ1) is 14.5. The summed E-state index contributed by atoms with van der Waals surface area (Å²) in [5.41, 5.74) is 1.79. The molecule has 0 spiro atoms. The predicted octanol–water partition coefficient (Wildman–Crippen LogP) is 2.57. The van der Waals surface area contributed by atoms with Crippen molar-refractivity contribution in [2.45, 2.75) is 32.2 Å². The second-order valence-electron chi connectivity index (χ2n) is 7.56. The first-order valence-corrected chi connectivity index (χ1v) is 9.83. The van der Waals surface area contributed by atoms with E-state index in [-0.39, 0.29) is 23.6 Å². The lowest BCUT2D eigenvalue weighted by atomic mass is 9.87. The Balaban J connectivity index is 1.52. The summed E-state index contributed by atoms with van der Waals surface area (Å²) in [5.74, 6) is -0.0105. The Morgan fingerprint density at radius 1 is 1.13 bits per heavy atom. The van der Waals surface area contributed by atoms with E-state index in [1.54, 1.807) is 25.6 Å². The number of oxazole rings is 1. The zero-order chi connectivity index (χ0) is 21.3. The van der Waals surface area contributed by atoms with Crippen molar-refractivity contribution in [2.75, 3.05) is 11.9 Å². The highest BCUT2D eigenvalue weighted by atomic mass is 16.4. The van der Waals surface area contributed by atoms with Gasteiger partial charge >= 0.3 is 5.91 Å². The fourth-order valence-electron chi connectivity index (χ4n) is 3.68. The highest BCUT2D eigenvalue weighted by molar-refractivity contribution is 6.01. The summed E-state index contributed by atoms with van der Waals surface area (Å²) in [5, 5.41) is 2.81. The number of hydrogen-bond donors (Lipinski definition) is 1. The summed E-state index contributed by atoms with van der Waals surface area (Å²) >= 11 is 0. The molecule has 4 rings (SSSR count). The van der Waals surface area contributed by atoms with Gasteiger partial charge in [-0.2, -0.15) is 0 Å². The largest absolute Gasteiger partial charge is 0.437 e. The molecule has 0 bridgehead atoms. The standard InChI is InChI=1S/C22H23N5O3/c1-13-14(2)18(22(29)27(3)19-17(13)23-9-10-24-19)26-20(28)21-25-12-16(30-21)11-15-7-5-4-6-8-15/h4-10,12-14,18H,11H2,1-3H3,(H,26,28)/t13?,14-,18-/m0/s1. The maximum absolute atomic E-state index is 13.1. The van der Waals surface area contributed by atoms with Crippen LogP contribution in [0.25, 0.3) is 0 Å². The number of benzene rings is 1. The van der Waals surface area contributed by atoms with Gasteiger partial charge in [0.15, 0.2) is 5.82 Å². The van der Waals surface area contributed by atoms with E-state index < -0.39 is 11.9 Å². The van der Waals surface area contributed by atoms with E-state index >= 15 is 0 Å². The van der Waals surface area contributed by atoms with Crippen molar-refractivity contribution in [2.24, 2.45) is 5.92 Å². The van der Waals surface area contributed by atoms with Crippen LogP contribution in [0.1, 0.15) is 47.5 Å². The van der Waals surface area contributed by atoms with E-state index in [1.165, 1.54) is 4.90 Å². The molecular weight excluding hydrogens is 382 g/mol. The van der Waals surface area contributed by atoms with E-state index in [2.05, 4.69) is 20.3 Å². The first-order valence-electron chi connectivity index (χ1n) is 9.83. The van der Waals surface area contributed by atoms with Crippen molar-refractivity contribution >= 4 is 17.6 Å². The van der Waals surface area contributed by atoms with Crippen molar-refractivity contribution < 1.29 is 14.0 Å². The van der Waals surface area contributed by atoms with Gasteiger partial charge in [-0.25, -0.2) is 9.97 Å². The number of carbonyl (C=O) groups is 2. The fraction of sp³-hybridized carbons (Fsp3) is 0.318. The van der Waals surface area contributed by atoms with Gasteiger partial charge in [0, 0.05) is 31.8 Å². The zero-order valence-electron chi connectivity index (χ0n) is 17.1.